The molecule has 2 aromatic rings. The Morgan fingerprint density at radius 1 is 1.26 bits per heavy atom. The SMILES string of the molecule is Cc1ccc(Oc2c(F)cccc2CCN)c(Cl)c1. The van der Waals surface area contributed by atoms with Crippen LogP contribution in [0.25, 0.3) is 0 Å². The van der Waals surface area contributed by atoms with Crippen LogP contribution in [0, 0.1) is 12.7 Å². The van der Waals surface area contributed by atoms with Crippen LogP contribution in [0.3, 0.4) is 0 Å². The molecular weight excluding hydrogens is 265 g/mol. The summed E-state index contributed by atoms with van der Waals surface area (Å²) in [6.07, 6.45) is 0.552. The van der Waals surface area contributed by atoms with Crippen molar-refractivity contribution in [2.24, 2.45) is 5.73 Å². The number of aryl methyl sites for hydroxylation is 1. The number of hydrogen-bond donors (Lipinski definition) is 1. The zero-order chi connectivity index (χ0) is 13.8. The molecule has 0 saturated carbocycles. The highest BCUT2D eigenvalue weighted by Gasteiger charge is 2.12. The van der Waals surface area contributed by atoms with Gasteiger partial charge in [0, 0.05) is 0 Å². The van der Waals surface area contributed by atoms with Crippen LogP contribution in [0.15, 0.2) is 36.4 Å². The maximum Gasteiger partial charge on any atom is 0.166 e. The topological polar surface area (TPSA) is 35.2 Å². The minimum absolute atomic E-state index is 0.193. The number of hydrogen-bond acceptors (Lipinski definition) is 2. The van der Waals surface area contributed by atoms with Gasteiger partial charge in [-0.15, -0.1) is 0 Å². The van der Waals surface area contributed by atoms with Crippen molar-refractivity contribution >= 4 is 11.6 Å². The van der Waals surface area contributed by atoms with E-state index >= 15 is 0 Å². The van der Waals surface area contributed by atoms with Crippen molar-refractivity contribution < 1.29 is 9.13 Å². The third-order valence-electron chi connectivity index (χ3n) is 2.76. The van der Waals surface area contributed by atoms with Gasteiger partial charge >= 0.3 is 0 Å². The van der Waals surface area contributed by atoms with E-state index in [0.717, 1.165) is 11.1 Å². The molecule has 0 fully saturated rings. The van der Waals surface area contributed by atoms with E-state index in [2.05, 4.69) is 0 Å². The van der Waals surface area contributed by atoms with Gasteiger partial charge in [0.05, 0.1) is 5.02 Å². The van der Waals surface area contributed by atoms with Crippen LogP contribution >= 0.6 is 11.6 Å². The Morgan fingerprint density at radius 3 is 2.74 bits per heavy atom. The molecule has 0 saturated heterocycles. The molecular formula is C15H15ClFNO. The lowest BCUT2D eigenvalue weighted by atomic mass is 10.1. The summed E-state index contributed by atoms with van der Waals surface area (Å²) in [5.41, 5.74) is 7.28. The summed E-state index contributed by atoms with van der Waals surface area (Å²) in [4.78, 5) is 0. The molecule has 4 heteroatoms. The molecule has 0 spiro atoms. The van der Waals surface area contributed by atoms with Crippen LogP contribution < -0.4 is 10.5 Å². The molecule has 2 aromatic carbocycles. The minimum atomic E-state index is -0.414. The first kappa shape index (κ1) is 13.8. The van der Waals surface area contributed by atoms with Crippen LogP contribution in [0.4, 0.5) is 4.39 Å². The number of rotatable bonds is 4. The summed E-state index contributed by atoms with van der Waals surface area (Å²) in [6.45, 7) is 2.36. The van der Waals surface area contributed by atoms with Crippen LogP contribution in [0.2, 0.25) is 5.02 Å². The molecule has 0 aliphatic heterocycles. The Bertz CT molecular complexity index is 586. The number of halogens is 2. The summed E-state index contributed by atoms with van der Waals surface area (Å²) in [5, 5.41) is 0.460. The van der Waals surface area contributed by atoms with Crippen molar-refractivity contribution in [3.05, 3.63) is 58.4 Å². The summed E-state index contributed by atoms with van der Waals surface area (Å²) in [6, 6.07) is 10.2. The van der Waals surface area contributed by atoms with Crippen LogP contribution in [0.5, 0.6) is 11.5 Å². The van der Waals surface area contributed by atoms with Crippen molar-refractivity contribution in [1.82, 2.24) is 0 Å². The molecule has 0 aliphatic carbocycles. The molecule has 0 unspecified atom stereocenters. The Labute approximate surface area is 117 Å². The van der Waals surface area contributed by atoms with E-state index in [1.165, 1.54) is 6.07 Å². The van der Waals surface area contributed by atoms with Crippen LogP contribution in [-0.2, 0) is 6.42 Å². The average Bonchev–Trinajstić information content (AvgIpc) is 2.36. The van der Waals surface area contributed by atoms with E-state index in [0.29, 0.717) is 23.7 Å². The fraction of sp³-hybridized carbons (Fsp3) is 0.200. The van der Waals surface area contributed by atoms with E-state index in [4.69, 9.17) is 22.1 Å². The molecule has 0 heterocycles. The minimum Gasteiger partial charge on any atom is -0.452 e. The van der Waals surface area contributed by atoms with Gasteiger partial charge in [0.2, 0.25) is 0 Å². The maximum absolute atomic E-state index is 13.9. The quantitative estimate of drug-likeness (QED) is 0.915. The van der Waals surface area contributed by atoms with Gasteiger partial charge in [-0.25, -0.2) is 4.39 Å². The Balaban J connectivity index is 2.37. The number of benzene rings is 2. The molecule has 0 bridgehead atoms. The largest absolute Gasteiger partial charge is 0.452 e. The second kappa shape index (κ2) is 6.04. The van der Waals surface area contributed by atoms with Gasteiger partial charge in [0.25, 0.3) is 0 Å². The first-order chi connectivity index (χ1) is 9.11. The van der Waals surface area contributed by atoms with Gasteiger partial charge in [-0.05, 0) is 49.2 Å². The van der Waals surface area contributed by atoms with E-state index in [-0.39, 0.29) is 5.75 Å². The van der Waals surface area contributed by atoms with E-state index < -0.39 is 5.82 Å². The Hall–Kier alpha value is -1.58. The highest BCUT2D eigenvalue weighted by Crippen LogP contribution is 2.33. The summed E-state index contributed by atoms with van der Waals surface area (Å²) < 4.78 is 19.5. The zero-order valence-corrected chi connectivity index (χ0v) is 11.4. The molecule has 100 valence electrons. The number of nitrogens with two attached hydrogens (primary N) is 1. The highest BCUT2D eigenvalue weighted by molar-refractivity contribution is 6.32. The standard InChI is InChI=1S/C15H15ClFNO/c1-10-5-6-14(12(16)9-10)19-15-11(7-8-18)3-2-4-13(15)17/h2-6,9H,7-8,18H2,1H3. The predicted octanol–water partition coefficient (Wildman–Crippen LogP) is 4.08. The van der Waals surface area contributed by atoms with Crippen LogP contribution in [0.1, 0.15) is 11.1 Å². The average molecular weight is 280 g/mol. The van der Waals surface area contributed by atoms with Crippen molar-refractivity contribution in [2.75, 3.05) is 6.54 Å². The third kappa shape index (κ3) is 3.25. The molecule has 0 radical (unpaired) electrons. The first-order valence-corrected chi connectivity index (χ1v) is 6.41. The second-order valence-corrected chi connectivity index (χ2v) is 4.71. The molecule has 0 atom stereocenters. The Morgan fingerprint density at radius 2 is 2.05 bits per heavy atom. The molecule has 2 rings (SSSR count). The molecule has 2 nitrogen and oxygen atoms in total. The molecule has 2 N–H and O–H groups in total. The van der Waals surface area contributed by atoms with E-state index in [9.17, 15) is 4.39 Å². The molecule has 0 aliphatic rings. The van der Waals surface area contributed by atoms with Gasteiger partial charge in [0.1, 0.15) is 5.75 Å². The number of para-hydroxylation sites is 1. The van der Waals surface area contributed by atoms with E-state index in [1.807, 2.05) is 13.0 Å². The fourth-order valence-electron chi connectivity index (χ4n) is 1.82. The van der Waals surface area contributed by atoms with Gasteiger partial charge < -0.3 is 10.5 Å². The smallest absolute Gasteiger partial charge is 0.166 e. The fourth-order valence-corrected chi connectivity index (χ4v) is 2.09. The highest BCUT2D eigenvalue weighted by atomic mass is 35.5. The Kier molecular flexibility index (Phi) is 4.40. The summed E-state index contributed by atoms with van der Waals surface area (Å²) in [7, 11) is 0. The predicted molar refractivity (Wildman–Crippen MR) is 75.4 cm³/mol. The van der Waals surface area contributed by atoms with E-state index in [1.54, 1.807) is 24.3 Å². The third-order valence-corrected chi connectivity index (χ3v) is 3.06. The lowest BCUT2D eigenvalue weighted by molar-refractivity contribution is 0.436. The van der Waals surface area contributed by atoms with Crippen molar-refractivity contribution in [1.29, 1.82) is 0 Å². The normalized spacial score (nSPS) is 10.5. The first-order valence-electron chi connectivity index (χ1n) is 6.03. The van der Waals surface area contributed by atoms with Gasteiger partial charge in [0.15, 0.2) is 11.6 Å². The lowest BCUT2D eigenvalue weighted by Crippen LogP contribution is -2.05. The van der Waals surface area contributed by atoms with Crippen LogP contribution in [-0.4, -0.2) is 6.54 Å². The van der Waals surface area contributed by atoms with Gasteiger partial charge in [-0.2, -0.15) is 0 Å². The summed E-state index contributed by atoms with van der Waals surface area (Å²) in [5.74, 6) is 0.219. The molecule has 0 amide bonds. The summed E-state index contributed by atoms with van der Waals surface area (Å²) >= 11 is 6.09. The van der Waals surface area contributed by atoms with Gasteiger partial charge in [-0.1, -0.05) is 29.8 Å². The monoisotopic (exact) mass is 279 g/mol. The maximum atomic E-state index is 13.9. The molecule has 19 heavy (non-hydrogen) atoms. The lowest BCUT2D eigenvalue weighted by Gasteiger charge is -2.13. The van der Waals surface area contributed by atoms with Gasteiger partial charge in [-0.3, -0.25) is 0 Å². The molecule has 0 aromatic heterocycles. The van der Waals surface area contributed by atoms with Crippen molar-refractivity contribution in [2.45, 2.75) is 13.3 Å². The zero-order valence-electron chi connectivity index (χ0n) is 10.6. The van der Waals surface area contributed by atoms with Crippen molar-refractivity contribution in [3.8, 4) is 11.5 Å². The second-order valence-electron chi connectivity index (χ2n) is 4.30. The number of ether oxygens (including phenoxy) is 1. The van der Waals surface area contributed by atoms with Crippen molar-refractivity contribution in [3.63, 3.8) is 0 Å².